The number of aryl methyl sites for hydroxylation is 1. The van der Waals surface area contributed by atoms with Crippen LogP contribution in [0.15, 0.2) is 22.9 Å². The van der Waals surface area contributed by atoms with Crippen molar-refractivity contribution in [3.05, 3.63) is 44.6 Å². The summed E-state index contributed by atoms with van der Waals surface area (Å²) in [5.74, 6) is 0.427. The third-order valence-corrected chi connectivity index (χ3v) is 6.24. The standard InChI is InChI=1S/C19H23N5OS/c1-12-16-17(14(9-20)18(21)25-19(16)23-22-12)15-8-13(11-26-15)10-24-6-4-2-3-5-7-24/h8,11,17H,2-7,10,21H2,1H3,(H,22,23)/t17-/m0/s1. The highest BCUT2D eigenvalue weighted by atomic mass is 32.1. The van der Waals surface area contributed by atoms with Gasteiger partial charge in [-0.15, -0.1) is 16.4 Å². The molecule has 136 valence electrons. The van der Waals surface area contributed by atoms with Crippen LogP contribution in [0.3, 0.4) is 0 Å². The van der Waals surface area contributed by atoms with Gasteiger partial charge in [-0.05, 0) is 49.9 Å². The summed E-state index contributed by atoms with van der Waals surface area (Å²) in [6.07, 6.45) is 5.25. The van der Waals surface area contributed by atoms with E-state index in [4.69, 9.17) is 10.5 Å². The van der Waals surface area contributed by atoms with Crippen molar-refractivity contribution in [1.82, 2.24) is 15.1 Å². The number of aromatic amines is 1. The van der Waals surface area contributed by atoms with Gasteiger partial charge < -0.3 is 10.5 Å². The van der Waals surface area contributed by atoms with Crippen molar-refractivity contribution in [1.29, 1.82) is 5.26 Å². The smallest absolute Gasteiger partial charge is 0.244 e. The van der Waals surface area contributed by atoms with Gasteiger partial charge in [0, 0.05) is 17.1 Å². The fraction of sp³-hybridized carbons (Fsp3) is 0.474. The van der Waals surface area contributed by atoms with Crippen LogP contribution in [-0.2, 0) is 6.54 Å². The quantitative estimate of drug-likeness (QED) is 0.865. The van der Waals surface area contributed by atoms with Crippen LogP contribution in [-0.4, -0.2) is 28.2 Å². The summed E-state index contributed by atoms with van der Waals surface area (Å²) in [4.78, 5) is 3.65. The molecule has 2 aromatic rings. The van der Waals surface area contributed by atoms with Crippen molar-refractivity contribution in [2.75, 3.05) is 13.1 Å². The van der Waals surface area contributed by atoms with E-state index in [0.29, 0.717) is 11.5 Å². The molecule has 0 unspecified atom stereocenters. The minimum Gasteiger partial charge on any atom is -0.420 e. The molecule has 6 nitrogen and oxygen atoms in total. The Kier molecular flexibility index (Phi) is 4.70. The zero-order valence-electron chi connectivity index (χ0n) is 14.9. The number of ether oxygens (including phenoxy) is 1. The van der Waals surface area contributed by atoms with Crippen LogP contribution >= 0.6 is 11.3 Å². The van der Waals surface area contributed by atoms with Crippen LogP contribution in [0, 0.1) is 18.3 Å². The lowest BCUT2D eigenvalue weighted by atomic mass is 9.88. The highest BCUT2D eigenvalue weighted by molar-refractivity contribution is 7.10. The average molecular weight is 369 g/mol. The Balaban J connectivity index is 1.63. The van der Waals surface area contributed by atoms with E-state index in [0.717, 1.165) is 22.7 Å². The number of likely N-dealkylation sites (tertiary alicyclic amines) is 1. The van der Waals surface area contributed by atoms with Crippen LogP contribution < -0.4 is 10.5 Å². The second-order valence-electron chi connectivity index (χ2n) is 7.04. The van der Waals surface area contributed by atoms with Gasteiger partial charge in [-0.25, -0.2) is 0 Å². The molecule has 0 amide bonds. The molecule has 4 rings (SSSR count). The third-order valence-electron chi connectivity index (χ3n) is 5.19. The van der Waals surface area contributed by atoms with Gasteiger partial charge in [-0.3, -0.25) is 10.00 Å². The normalized spacial score (nSPS) is 21.0. The van der Waals surface area contributed by atoms with E-state index in [2.05, 4.69) is 32.6 Å². The van der Waals surface area contributed by atoms with Crippen molar-refractivity contribution in [2.45, 2.75) is 45.1 Å². The number of hydrogen-bond acceptors (Lipinski definition) is 6. The first-order valence-electron chi connectivity index (χ1n) is 9.09. The number of allylic oxidation sites excluding steroid dienone is 1. The minimum absolute atomic E-state index is 0.152. The molecule has 26 heavy (non-hydrogen) atoms. The second kappa shape index (κ2) is 7.14. The number of nitriles is 1. The zero-order valence-corrected chi connectivity index (χ0v) is 15.7. The highest BCUT2D eigenvalue weighted by Gasteiger charge is 2.35. The maximum Gasteiger partial charge on any atom is 0.244 e. The number of rotatable bonds is 3. The SMILES string of the molecule is Cc1[nH]nc2c1[C@H](c1cc(CN3CCCCCC3)cs1)C(C#N)=C(N)O2. The molecule has 1 saturated heterocycles. The van der Waals surface area contributed by atoms with Crippen LogP contribution in [0.2, 0.25) is 0 Å². The van der Waals surface area contributed by atoms with E-state index < -0.39 is 0 Å². The summed E-state index contributed by atoms with van der Waals surface area (Å²) in [5.41, 5.74) is 9.58. The molecule has 2 aliphatic heterocycles. The number of nitrogens with two attached hydrogens (primary N) is 1. The summed E-state index contributed by atoms with van der Waals surface area (Å²) >= 11 is 1.68. The monoisotopic (exact) mass is 369 g/mol. The van der Waals surface area contributed by atoms with Gasteiger partial charge in [0.15, 0.2) is 0 Å². The molecule has 0 aliphatic carbocycles. The number of nitrogens with one attached hydrogen (secondary N) is 1. The second-order valence-corrected chi connectivity index (χ2v) is 7.98. The van der Waals surface area contributed by atoms with Crippen molar-refractivity contribution >= 4 is 11.3 Å². The molecule has 3 N–H and O–H groups in total. The Bertz CT molecular complexity index is 867. The summed E-state index contributed by atoms with van der Waals surface area (Å²) in [5, 5.41) is 19.0. The minimum atomic E-state index is -0.203. The molecule has 7 heteroatoms. The lowest BCUT2D eigenvalue weighted by Gasteiger charge is -2.22. The summed E-state index contributed by atoms with van der Waals surface area (Å²) in [6.45, 7) is 5.26. The number of hydrogen-bond donors (Lipinski definition) is 2. The molecule has 2 aromatic heterocycles. The molecule has 0 spiro atoms. The zero-order chi connectivity index (χ0) is 18.1. The Labute approximate surface area is 157 Å². The molecule has 1 atom stereocenters. The van der Waals surface area contributed by atoms with Gasteiger partial charge in [0.05, 0.1) is 11.5 Å². The first-order valence-corrected chi connectivity index (χ1v) is 9.97. The van der Waals surface area contributed by atoms with Gasteiger partial charge in [0.25, 0.3) is 0 Å². The van der Waals surface area contributed by atoms with Crippen molar-refractivity contribution in [2.24, 2.45) is 5.73 Å². The Morgan fingerprint density at radius 2 is 2.15 bits per heavy atom. The summed E-state index contributed by atoms with van der Waals surface area (Å²) in [6, 6.07) is 4.46. The van der Waals surface area contributed by atoms with Crippen LogP contribution in [0.25, 0.3) is 0 Å². The van der Waals surface area contributed by atoms with Crippen LogP contribution in [0.1, 0.15) is 53.3 Å². The first-order chi connectivity index (χ1) is 12.7. The van der Waals surface area contributed by atoms with Crippen molar-refractivity contribution in [3.63, 3.8) is 0 Å². The average Bonchev–Trinajstić information content (AvgIpc) is 3.13. The Morgan fingerprint density at radius 3 is 2.88 bits per heavy atom. The van der Waals surface area contributed by atoms with Crippen LogP contribution in [0.4, 0.5) is 0 Å². The van der Waals surface area contributed by atoms with Crippen LogP contribution in [0.5, 0.6) is 5.88 Å². The Hall–Kier alpha value is -2.30. The molecule has 0 bridgehead atoms. The van der Waals surface area contributed by atoms with E-state index in [1.54, 1.807) is 11.3 Å². The first kappa shape index (κ1) is 17.1. The van der Waals surface area contributed by atoms with E-state index in [1.807, 2.05) is 6.92 Å². The van der Waals surface area contributed by atoms with Gasteiger partial charge in [-0.1, -0.05) is 12.8 Å². The molecule has 0 saturated carbocycles. The van der Waals surface area contributed by atoms with E-state index >= 15 is 0 Å². The summed E-state index contributed by atoms with van der Waals surface area (Å²) in [7, 11) is 0. The molecule has 0 aromatic carbocycles. The maximum atomic E-state index is 9.64. The number of nitrogens with zero attached hydrogens (tertiary/aromatic N) is 3. The van der Waals surface area contributed by atoms with E-state index in [-0.39, 0.29) is 11.8 Å². The molecule has 4 heterocycles. The van der Waals surface area contributed by atoms with Gasteiger partial charge in [0.2, 0.25) is 11.8 Å². The largest absolute Gasteiger partial charge is 0.420 e. The Morgan fingerprint density at radius 1 is 1.38 bits per heavy atom. The summed E-state index contributed by atoms with van der Waals surface area (Å²) < 4.78 is 5.54. The predicted molar refractivity (Wildman–Crippen MR) is 101 cm³/mol. The third kappa shape index (κ3) is 3.11. The van der Waals surface area contributed by atoms with Gasteiger partial charge >= 0.3 is 0 Å². The van der Waals surface area contributed by atoms with Crippen molar-refractivity contribution < 1.29 is 4.74 Å². The van der Waals surface area contributed by atoms with Crippen molar-refractivity contribution in [3.8, 4) is 11.9 Å². The van der Waals surface area contributed by atoms with Gasteiger partial charge in [-0.2, -0.15) is 5.26 Å². The molecule has 1 fully saturated rings. The number of H-pyrrole nitrogens is 1. The van der Waals surface area contributed by atoms with E-state index in [9.17, 15) is 5.26 Å². The fourth-order valence-electron chi connectivity index (χ4n) is 3.86. The topological polar surface area (TPSA) is 91.0 Å². The lowest BCUT2D eigenvalue weighted by Crippen LogP contribution is -2.23. The fourth-order valence-corrected chi connectivity index (χ4v) is 4.89. The van der Waals surface area contributed by atoms with Gasteiger partial charge in [0.1, 0.15) is 11.6 Å². The van der Waals surface area contributed by atoms with E-state index in [1.165, 1.54) is 44.3 Å². The number of aromatic nitrogens is 2. The molecular formula is C19H23N5OS. The number of thiophene rings is 1. The molecule has 2 aliphatic rings. The lowest BCUT2D eigenvalue weighted by molar-refractivity contribution is 0.277. The predicted octanol–water partition coefficient (Wildman–Crippen LogP) is 3.37. The molecular weight excluding hydrogens is 346 g/mol. The molecule has 0 radical (unpaired) electrons. The maximum absolute atomic E-state index is 9.64. The highest BCUT2D eigenvalue weighted by Crippen LogP contribution is 2.44. The number of fused-ring (bicyclic) bond motifs is 1.